The number of imidazole rings is 1. The predicted molar refractivity (Wildman–Crippen MR) is 83.1 cm³/mol. The van der Waals surface area contributed by atoms with E-state index in [2.05, 4.69) is 27.1 Å². The maximum atomic E-state index is 5.28. The normalized spacial score (nSPS) is 12.6. The standard InChI is InChI=1S/C14H23N5O2/c1-11(10-21-4)19(7-8-20-3)14-13-16-5-6-18(13)9-12(15-2)17-14/h5-6,9,11,15H,7-8,10H2,1-4H3. The second kappa shape index (κ2) is 7.24. The van der Waals surface area contributed by atoms with Gasteiger partial charge in [-0.3, -0.25) is 0 Å². The average molecular weight is 293 g/mol. The molecule has 1 unspecified atom stereocenters. The molecular formula is C14H23N5O2. The Morgan fingerprint density at radius 1 is 1.38 bits per heavy atom. The van der Waals surface area contributed by atoms with E-state index in [0.717, 1.165) is 23.8 Å². The van der Waals surface area contributed by atoms with Crippen LogP contribution in [0.25, 0.3) is 5.65 Å². The Bertz CT molecular complexity index is 571. The SMILES string of the molecule is CNc1cn2ccnc2c(N(CCOC)C(C)COC)n1. The molecule has 7 nitrogen and oxygen atoms in total. The summed E-state index contributed by atoms with van der Waals surface area (Å²) in [6.07, 6.45) is 5.60. The minimum Gasteiger partial charge on any atom is -0.383 e. The smallest absolute Gasteiger partial charge is 0.180 e. The molecule has 21 heavy (non-hydrogen) atoms. The van der Waals surface area contributed by atoms with Crippen molar-refractivity contribution in [1.82, 2.24) is 14.4 Å². The van der Waals surface area contributed by atoms with Crippen molar-refractivity contribution in [2.45, 2.75) is 13.0 Å². The van der Waals surface area contributed by atoms with E-state index in [1.807, 2.05) is 23.8 Å². The van der Waals surface area contributed by atoms with Gasteiger partial charge in [-0.2, -0.15) is 0 Å². The van der Waals surface area contributed by atoms with Gasteiger partial charge >= 0.3 is 0 Å². The molecule has 7 heteroatoms. The maximum absolute atomic E-state index is 5.28. The Labute approximate surface area is 124 Å². The van der Waals surface area contributed by atoms with Crippen LogP contribution in [0.1, 0.15) is 6.92 Å². The van der Waals surface area contributed by atoms with Gasteiger partial charge in [0.25, 0.3) is 0 Å². The first-order valence-electron chi connectivity index (χ1n) is 6.97. The lowest BCUT2D eigenvalue weighted by molar-refractivity contribution is 0.170. The third kappa shape index (κ3) is 3.43. The Balaban J connectivity index is 2.43. The molecule has 1 N–H and O–H groups in total. The quantitative estimate of drug-likeness (QED) is 0.790. The van der Waals surface area contributed by atoms with Crippen LogP contribution in [-0.4, -0.2) is 61.4 Å². The van der Waals surface area contributed by atoms with Crippen LogP contribution < -0.4 is 10.2 Å². The van der Waals surface area contributed by atoms with Crippen molar-refractivity contribution in [2.75, 3.05) is 51.2 Å². The van der Waals surface area contributed by atoms with Crippen molar-refractivity contribution >= 4 is 17.3 Å². The van der Waals surface area contributed by atoms with Gasteiger partial charge in [-0.05, 0) is 6.92 Å². The van der Waals surface area contributed by atoms with Gasteiger partial charge in [-0.25, -0.2) is 9.97 Å². The lowest BCUT2D eigenvalue weighted by Crippen LogP contribution is -2.39. The average Bonchev–Trinajstić information content (AvgIpc) is 2.96. The number of methoxy groups -OCH3 is 2. The van der Waals surface area contributed by atoms with Gasteiger partial charge in [0.2, 0.25) is 0 Å². The highest BCUT2D eigenvalue weighted by atomic mass is 16.5. The summed E-state index contributed by atoms with van der Waals surface area (Å²) in [6.45, 7) is 4.06. The molecular weight excluding hydrogens is 270 g/mol. The van der Waals surface area contributed by atoms with Crippen molar-refractivity contribution in [1.29, 1.82) is 0 Å². The second-order valence-corrected chi connectivity index (χ2v) is 4.85. The third-order valence-electron chi connectivity index (χ3n) is 3.36. The topological polar surface area (TPSA) is 63.9 Å². The molecule has 2 aromatic heterocycles. The molecule has 0 saturated carbocycles. The molecule has 0 aromatic carbocycles. The van der Waals surface area contributed by atoms with Crippen LogP contribution in [-0.2, 0) is 9.47 Å². The number of anilines is 2. The van der Waals surface area contributed by atoms with Gasteiger partial charge in [-0.15, -0.1) is 0 Å². The highest BCUT2D eigenvalue weighted by Gasteiger charge is 2.20. The Morgan fingerprint density at radius 2 is 2.19 bits per heavy atom. The molecule has 0 amide bonds. The van der Waals surface area contributed by atoms with Gasteiger partial charge in [-0.1, -0.05) is 0 Å². The van der Waals surface area contributed by atoms with E-state index >= 15 is 0 Å². The molecule has 2 rings (SSSR count). The minimum absolute atomic E-state index is 0.172. The van der Waals surface area contributed by atoms with E-state index in [1.165, 1.54) is 0 Å². The molecule has 0 aliphatic carbocycles. The van der Waals surface area contributed by atoms with Crippen molar-refractivity contribution in [3.05, 3.63) is 18.6 Å². The highest BCUT2D eigenvalue weighted by molar-refractivity contribution is 5.67. The zero-order valence-corrected chi connectivity index (χ0v) is 13.0. The molecule has 0 aliphatic rings. The van der Waals surface area contributed by atoms with Gasteiger partial charge in [0.15, 0.2) is 11.5 Å². The molecule has 2 heterocycles. The summed E-state index contributed by atoms with van der Waals surface area (Å²) in [6, 6.07) is 0.172. The summed E-state index contributed by atoms with van der Waals surface area (Å²) in [5.74, 6) is 1.62. The van der Waals surface area contributed by atoms with Crippen molar-refractivity contribution in [3.63, 3.8) is 0 Å². The van der Waals surface area contributed by atoms with Crippen LogP contribution in [0.3, 0.4) is 0 Å². The fraction of sp³-hybridized carbons (Fsp3) is 0.571. The maximum Gasteiger partial charge on any atom is 0.180 e. The fourth-order valence-electron chi connectivity index (χ4n) is 2.28. The first-order chi connectivity index (χ1) is 10.2. The molecule has 0 spiro atoms. The van der Waals surface area contributed by atoms with Gasteiger partial charge in [0.1, 0.15) is 5.82 Å². The highest BCUT2D eigenvalue weighted by Crippen LogP contribution is 2.22. The summed E-state index contributed by atoms with van der Waals surface area (Å²) in [4.78, 5) is 11.2. The van der Waals surface area contributed by atoms with Crippen LogP contribution in [0, 0.1) is 0 Å². The summed E-state index contributed by atoms with van der Waals surface area (Å²) in [7, 11) is 5.25. The van der Waals surface area contributed by atoms with Crippen LogP contribution in [0.2, 0.25) is 0 Å². The van der Waals surface area contributed by atoms with Crippen molar-refractivity contribution < 1.29 is 9.47 Å². The molecule has 116 valence electrons. The number of fused-ring (bicyclic) bond motifs is 1. The van der Waals surface area contributed by atoms with E-state index < -0.39 is 0 Å². The van der Waals surface area contributed by atoms with E-state index in [4.69, 9.17) is 9.47 Å². The molecule has 0 saturated heterocycles. The lowest BCUT2D eigenvalue weighted by atomic mass is 10.3. The van der Waals surface area contributed by atoms with Gasteiger partial charge in [0, 0.05) is 40.2 Å². The van der Waals surface area contributed by atoms with E-state index in [-0.39, 0.29) is 6.04 Å². The molecule has 0 radical (unpaired) electrons. The Kier molecular flexibility index (Phi) is 5.35. The van der Waals surface area contributed by atoms with Crippen LogP contribution in [0.5, 0.6) is 0 Å². The number of rotatable bonds is 8. The Morgan fingerprint density at radius 3 is 2.86 bits per heavy atom. The largest absolute Gasteiger partial charge is 0.383 e. The molecule has 0 aliphatic heterocycles. The van der Waals surface area contributed by atoms with Crippen molar-refractivity contribution in [3.8, 4) is 0 Å². The summed E-state index contributed by atoms with van der Waals surface area (Å²) in [5.41, 5.74) is 0.827. The van der Waals surface area contributed by atoms with E-state index in [0.29, 0.717) is 13.2 Å². The number of hydrogen-bond acceptors (Lipinski definition) is 6. The van der Waals surface area contributed by atoms with E-state index in [1.54, 1.807) is 20.4 Å². The first kappa shape index (κ1) is 15.5. The number of nitrogens with zero attached hydrogens (tertiary/aromatic N) is 4. The molecule has 0 bridgehead atoms. The second-order valence-electron chi connectivity index (χ2n) is 4.85. The van der Waals surface area contributed by atoms with Gasteiger partial charge < -0.3 is 24.1 Å². The lowest BCUT2D eigenvalue weighted by Gasteiger charge is -2.30. The first-order valence-corrected chi connectivity index (χ1v) is 6.97. The number of aromatic nitrogens is 3. The monoisotopic (exact) mass is 293 g/mol. The zero-order valence-electron chi connectivity index (χ0n) is 13.0. The zero-order chi connectivity index (χ0) is 15.2. The summed E-state index contributed by atoms with van der Waals surface area (Å²) < 4.78 is 12.5. The number of ether oxygens (including phenoxy) is 2. The number of hydrogen-bond donors (Lipinski definition) is 1. The Hall–Kier alpha value is -1.86. The fourth-order valence-corrected chi connectivity index (χ4v) is 2.28. The molecule has 1 atom stereocenters. The van der Waals surface area contributed by atoms with Crippen molar-refractivity contribution in [2.24, 2.45) is 0 Å². The van der Waals surface area contributed by atoms with Gasteiger partial charge in [0.05, 0.1) is 25.5 Å². The summed E-state index contributed by atoms with van der Waals surface area (Å²) >= 11 is 0. The molecule has 2 aromatic rings. The van der Waals surface area contributed by atoms with Crippen LogP contribution >= 0.6 is 0 Å². The molecule has 0 fully saturated rings. The summed E-state index contributed by atoms with van der Waals surface area (Å²) in [5, 5.41) is 3.08. The van der Waals surface area contributed by atoms with Crippen LogP contribution in [0.15, 0.2) is 18.6 Å². The van der Waals surface area contributed by atoms with E-state index in [9.17, 15) is 0 Å². The third-order valence-corrected chi connectivity index (χ3v) is 3.36. The van der Waals surface area contributed by atoms with Crippen LogP contribution in [0.4, 0.5) is 11.6 Å². The number of nitrogens with one attached hydrogen (secondary N) is 1. The predicted octanol–water partition coefficient (Wildman–Crippen LogP) is 1.26. The minimum atomic E-state index is 0.172.